The molecule has 0 fully saturated rings. The predicted octanol–water partition coefficient (Wildman–Crippen LogP) is 6.79. The average Bonchev–Trinajstić information content (AvgIpc) is 2.71. The van der Waals surface area contributed by atoms with Crippen molar-refractivity contribution in [3.63, 3.8) is 0 Å². The van der Waals surface area contributed by atoms with Gasteiger partial charge in [-0.05, 0) is 0 Å². The van der Waals surface area contributed by atoms with Crippen LogP contribution < -0.4 is 0 Å². The Balaban J connectivity index is -0.000000308. The third-order valence-corrected chi connectivity index (χ3v) is 5.62. The Morgan fingerprint density at radius 1 is 0.435 bits per heavy atom. The Labute approximate surface area is 161 Å². The topological polar surface area (TPSA) is 0 Å². The summed E-state index contributed by atoms with van der Waals surface area (Å²) in [6.45, 7) is 22.0. The van der Waals surface area contributed by atoms with Gasteiger partial charge in [-0.2, -0.15) is 55.6 Å². The summed E-state index contributed by atoms with van der Waals surface area (Å²) in [5.74, 6) is 0. The van der Waals surface area contributed by atoms with E-state index in [1.54, 1.807) is 0 Å². The van der Waals surface area contributed by atoms with Crippen LogP contribution in [-0.4, -0.2) is 0 Å². The molecule has 2 aromatic rings. The molecule has 0 aliphatic heterocycles. The van der Waals surface area contributed by atoms with Crippen LogP contribution in [0.3, 0.4) is 0 Å². The molecule has 1 radical (unpaired) electrons. The summed E-state index contributed by atoms with van der Waals surface area (Å²) in [6, 6.07) is 0. The van der Waals surface area contributed by atoms with E-state index in [2.05, 4.69) is 69.2 Å². The predicted molar refractivity (Wildman–Crippen MR) is 104 cm³/mol. The van der Waals surface area contributed by atoms with Crippen LogP contribution in [0.4, 0.5) is 0 Å². The second-order valence-corrected chi connectivity index (χ2v) is 6.25. The van der Waals surface area contributed by atoms with Crippen molar-refractivity contribution in [2.75, 3.05) is 0 Å². The summed E-state index contributed by atoms with van der Waals surface area (Å²) in [5.41, 5.74) is 14.7. The average molecular weight is 481 g/mol. The van der Waals surface area contributed by atoms with E-state index >= 15 is 0 Å². The molecule has 0 amide bonds. The van der Waals surface area contributed by atoms with Crippen molar-refractivity contribution < 1.29 is 22.4 Å². The summed E-state index contributed by atoms with van der Waals surface area (Å²) < 4.78 is 0. The molecule has 2 aromatic carbocycles. The first-order valence-electron chi connectivity index (χ1n) is 7.50. The molecule has 0 atom stereocenters. The Bertz CT molecular complexity index is 405. The number of rotatable bonds is 0. The zero-order valence-corrected chi connectivity index (χ0v) is 20.7. The first-order chi connectivity index (χ1) is 9.11. The Hall–Kier alpha value is -0.560. The van der Waals surface area contributed by atoms with E-state index in [1.165, 1.54) is 55.6 Å². The Morgan fingerprint density at radius 3 is 0.609 bits per heavy atom. The van der Waals surface area contributed by atoms with Crippen LogP contribution in [-0.2, 0) is 22.4 Å². The smallest absolute Gasteiger partial charge is 0 e. The third-order valence-electron chi connectivity index (χ3n) is 5.62. The van der Waals surface area contributed by atoms with E-state index in [9.17, 15) is 0 Å². The van der Waals surface area contributed by atoms with Gasteiger partial charge in [-0.15, -0.1) is 0 Å². The molecular formula is C22H36Ta-4. The van der Waals surface area contributed by atoms with E-state index < -0.39 is 0 Å². The molecule has 0 spiro atoms. The van der Waals surface area contributed by atoms with Gasteiger partial charge in [-0.3, -0.25) is 0 Å². The summed E-state index contributed by atoms with van der Waals surface area (Å²) in [6.07, 6.45) is 0. The number of hydrogen-bond donors (Lipinski definition) is 0. The van der Waals surface area contributed by atoms with Crippen LogP contribution in [0.1, 0.15) is 55.6 Å². The third kappa shape index (κ3) is 5.21. The molecule has 0 bridgehead atoms. The van der Waals surface area contributed by atoms with Gasteiger partial charge in [0.25, 0.3) is 0 Å². The molecule has 23 heavy (non-hydrogen) atoms. The molecular weight excluding hydrogens is 445 g/mol. The van der Waals surface area contributed by atoms with E-state index in [4.69, 9.17) is 0 Å². The van der Waals surface area contributed by atoms with Crippen molar-refractivity contribution in [1.29, 1.82) is 0 Å². The van der Waals surface area contributed by atoms with Crippen LogP contribution in [0.15, 0.2) is 0 Å². The normalized spacial score (nSPS) is 9.13. The molecule has 0 saturated heterocycles. The molecule has 1 heteroatoms. The summed E-state index contributed by atoms with van der Waals surface area (Å²) >= 11 is 0. The number of hydrogen-bond acceptors (Lipinski definition) is 0. The van der Waals surface area contributed by atoms with Gasteiger partial charge in [0, 0.05) is 22.4 Å². The van der Waals surface area contributed by atoms with Crippen LogP contribution in [0.2, 0.25) is 0 Å². The maximum Gasteiger partial charge on any atom is 0 e. The fourth-order valence-corrected chi connectivity index (χ4v) is 2.81. The summed E-state index contributed by atoms with van der Waals surface area (Å²) in [5, 5.41) is 0. The van der Waals surface area contributed by atoms with Crippen LogP contribution in [0.25, 0.3) is 0 Å². The molecule has 0 aromatic heterocycles. The van der Waals surface area contributed by atoms with Gasteiger partial charge in [-0.1, -0.05) is 69.2 Å². The molecule has 0 aliphatic rings. The first-order valence-corrected chi connectivity index (χ1v) is 7.50. The Kier molecular flexibility index (Phi) is 12.3. The van der Waals surface area contributed by atoms with Gasteiger partial charge >= 0.3 is 0 Å². The molecule has 133 valence electrons. The van der Waals surface area contributed by atoms with E-state index in [0.29, 0.717) is 0 Å². The molecule has 0 heterocycles. The zero-order valence-electron chi connectivity index (χ0n) is 17.4. The van der Waals surface area contributed by atoms with E-state index in [0.717, 1.165) is 0 Å². The fourth-order valence-electron chi connectivity index (χ4n) is 2.81. The van der Waals surface area contributed by atoms with Crippen LogP contribution in [0.5, 0.6) is 0 Å². The van der Waals surface area contributed by atoms with E-state index in [-0.39, 0.29) is 37.2 Å². The monoisotopic (exact) mass is 481 g/mol. The second kappa shape index (κ2) is 10.3. The molecule has 0 unspecified atom stereocenters. The minimum atomic E-state index is 0. The second-order valence-electron chi connectivity index (χ2n) is 6.25. The van der Waals surface area contributed by atoms with Gasteiger partial charge in [0.15, 0.2) is 0 Å². The van der Waals surface area contributed by atoms with E-state index in [1.807, 2.05) is 0 Å². The maximum atomic E-state index is 2.20. The van der Waals surface area contributed by atoms with Gasteiger partial charge < -0.3 is 14.9 Å². The fraction of sp³-hybridized carbons (Fsp3) is 0.455. The molecule has 0 aliphatic carbocycles. The van der Waals surface area contributed by atoms with Gasteiger partial charge in [-0.25, -0.2) is 0 Å². The SMILES string of the molecule is Cc1c(C)c(C)[c-](C)c1C.Cc1c(C)c(C)[c-](C)c1C.[CH3-].[CH3-].[Ta]. The van der Waals surface area contributed by atoms with Crippen molar-refractivity contribution in [3.05, 3.63) is 70.5 Å². The standard InChI is InChI=1S/2C10H15.2CH3.Ta/c2*1-6-7(2)9(4)10(5)8(6)3;;;/h2*1-5H3;2*1H3;/q4*-1;. The maximum absolute atomic E-state index is 2.20. The molecule has 0 saturated carbocycles. The van der Waals surface area contributed by atoms with Crippen LogP contribution in [0, 0.1) is 84.1 Å². The van der Waals surface area contributed by atoms with Crippen molar-refractivity contribution in [2.24, 2.45) is 0 Å². The zero-order chi connectivity index (χ0) is 15.8. The van der Waals surface area contributed by atoms with Crippen molar-refractivity contribution >= 4 is 0 Å². The molecule has 2 rings (SSSR count). The van der Waals surface area contributed by atoms with Gasteiger partial charge in [0.05, 0.1) is 0 Å². The Morgan fingerprint density at radius 2 is 0.565 bits per heavy atom. The van der Waals surface area contributed by atoms with Gasteiger partial charge in [0.1, 0.15) is 0 Å². The summed E-state index contributed by atoms with van der Waals surface area (Å²) in [7, 11) is 0. The minimum Gasteiger partial charge on any atom is -0.358 e. The molecule has 0 N–H and O–H groups in total. The quantitative estimate of drug-likeness (QED) is 0.364. The first kappa shape index (κ1) is 27.3. The molecule has 0 nitrogen and oxygen atoms in total. The van der Waals surface area contributed by atoms with Crippen molar-refractivity contribution in [2.45, 2.75) is 69.2 Å². The van der Waals surface area contributed by atoms with Crippen molar-refractivity contribution in [1.82, 2.24) is 0 Å². The van der Waals surface area contributed by atoms with Crippen LogP contribution >= 0.6 is 0 Å². The minimum absolute atomic E-state index is 0. The summed E-state index contributed by atoms with van der Waals surface area (Å²) in [4.78, 5) is 0. The largest absolute Gasteiger partial charge is 0.358 e. The van der Waals surface area contributed by atoms with Crippen molar-refractivity contribution in [3.8, 4) is 0 Å². The van der Waals surface area contributed by atoms with Gasteiger partial charge in [0.2, 0.25) is 0 Å².